The molecule has 9 heteroatoms. The molecule has 3 rings (SSSR count). The van der Waals surface area contributed by atoms with E-state index < -0.39 is 11.5 Å². The monoisotopic (exact) mass is 423 g/mol. The second-order valence-electron chi connectivity index (χ2n) is 6.60. The number of thioether (sulfide) groups is 1. The number of nitrogen functional groups attached to an aromatic ring is 1. The third-order valence-electron chi connectivity index (χ3n) is 4.24. The third kappa shape index (κ3) is 5.26. The molecule has 0 spiro atoms. The highest BCUT2D eigenvalue weighted by molar-refractivity contribution is 7.99. The van der Waals surface area contributed by atoms with Crippen LogP contribution in [0.3, 0.4) is 0 Å². The number of hydrogen-bond donors (Lipinski definition) is 4. The van der Waals surface area contributed by atoms with Crippen molar-refractivity contribution in [3.63, 3.8) is 0 Å². The van der Waals surface area contributed by atoms with Gasteiger partial charge in [0.25, 0.3) is 11.5 Å². The molecule has 0 fully saturated rings. The van der Waals surface area contributed by atoms with Crippen LogP contribution in [0.25, 0.3) is 0 Å². The van der Waals surface area contributed by atoms with Gasteiger partial charge in [-0.1, -0.05) is 47.7 Å². The van der Waals surface area contributed by atoms with Crippen molar-refractivity contribution in [1.82, 2.24) is 9.97 Å². The first-order valence-corrected chi connectivity index (χ1v) is 10.1. The van der Waals surface area contributed by atoms with E-state index in [1.807, 2.05) is 38.1 Å². The number of aromatic nitrogens is 2. The second kappa shape index (κ2) is 9.27. The lowest BCUT2D eigenvalue weighted by Crippen LogP contribution is -2.23. The lowest BCUT2D eigenvalue weighted by Gasteiger charge is -2.09. The molecule has 154 valence electrons. The maximum absolute atomic E-state index is 12.4. The van der Waals surface area contributed by atoms with Gasteiger partial charge >= 0.3 is 0 Å². The van der Waals surface area contributed by atoms with Gasteiger partial charge in [0.2, 0.25) is 5.91 Å². The lowest BCUT2D eigenvalue weighted by molar-refractivity contribution is -0.113. The number of aromatic amines is 1. The van der Waals surface area contributed by atoms with Crippen LogP contribution in [0.15, 0.2) is 58.5 Å². The van der Waals surface area contributed by atoms with E-state index in [1.165, 1.54) is 0 Å². The quantitative estimate of drug-likeness (QED) is 0.356. The molecule has 2 aromatic carbocycles. The Morgan fingerprint density at radius 1 is 1.07 bits per heavy atom. The minimum atomic E-state index is -0.593. The molecule has 0 radical (unpaired) electrons. The zero-order valence-corrected chi connectivity index (χ0v) is 17.3. The number of aryl methyl sites for hydroxylation is 2. The number of anilines is 3. The maximum Gasteiger partial charge on any atom is 0.277 e. The van der Waals surface area contributed by atoms with Gasteiger partial charge in [0.1, 0.15) is 5.69 Å². The van der Waals surface area contributed by atoms with E-state index in [1.54, 1.807) is 24.3 Å². The summed E-state index contributed by atoms with van der Waals surface area (Å²) in [4.78, 5) is 43.5. The van der Waals surface area contributed by atoms with Crippen LogP contribution in [-0.4, -0.2) is 27.5 Å². The number of carbonyl (C=O) groups is 2. The number of nitrogens with one attached hydrogen (secondary N) is 3. The molecule has 5 N–H and O–H groups in total. The molecule has 0 saturated carbocycles. The number of benzene rings is 2. The zero-order chi connectivity index (χ0) is 21.7. The van der Waals surface area contributed by atoms with Crippen LogP contribution in [0, 0.1) is 13.8 Å². The summed E-state index contributed by atoms with van der Waals surface area (Å²) in [6, 6.07) is 14.3. The van der Waals surface area contributed by atoms with Crippen LogP contribution in [-0.2, 0) is 4.79 Å². The fourth-order valence-electron chi connectivity index (χ4n) is 2.58. The van der Waals surface area contributed by atoms with Gasteiger partial charge in [0.15, 0.2) is 11.0 Å². The SMILES string of the molecule is Cc1ccc(C(=O)Nc2c(N)nc(SCC(=O)Nc3ccccc3C)[nH]c2=O)cc1. The normalized spacial score (nSPS) is 10.5. The van der Waals surface area contributed by atoms with Gasteiger partial charge in [-0.3, -0.25) is 19.4 Å². The molecular weight excluding hydrogens is 402 g/mol. The molecule has 2 amide bonds. The standard InChI is InChI=1S/C21H21N5O3S/c1-12-7-9-14(10-8-12)19(28)24-17-18(22)25-21(26-20(17)29)30-11-16(27)23-15-6-4-3-5-13(15)2/h3-10H,11H2,1-2H3,(H,23,27)(H,24,28)(H3,22,25,26,29). The molecule has 0 saturated heterocycles. The van der Waals surface area contributed by atoms with Crippen molar-refractivity contribution in [3.8, 4) is 0 Å². The van der Waals surface area contributed by atoms with Crippen molar-refractivity contribution in [1.29, 1.82) is 0 Å². The average Bonchev–Trinajstić information content (AvgIpc) is 2.71. The van der Waals surface area contributed by atoms with Crippen molar-refractivity contribution in [3.05, 3.63) is 75.6 Å². The van der Waals surface area contributed by atoms with E-state index >= 15 is 0 Å². The fraction of sp³-hybridized carbons (Fsp3) is 0.143. The van der Waals surface area contributed by atoms with Gasteiger partial charge in [0, 0.05) is 11.3 Å². The Kier molecular flexibility index (Phi) is 6.53. The highest BCUT2D eigenvalue weighted by atomic mass is 32.2. The molecule has 8 nitrogen and oxygen atoms in total. The van der Waals surface area contributed by atoms with Crippen LogP contribution in [0.5, 0.6) is 0 Å². The Morgan fingerprint density at radius 3 is 2.43 bits per heavy atom. The van der Waals surface area contributed by atoms with Gasteiger partial charge in [-0.05, 0) is 37.6 Å². The summed E-state index contributed by atoms with van der Waals surface area (Å²) in [5.41, 5.74) is 8.21. The smallest absolute Gasteiger partial charge is 0.277 e. The van der Waals surface area contributed by atoms with Crippen molar-refractivity contribution in [2.24, 2.45) is 0 Å². The number of H-pyrrole nitrogens is 1. The highest BCUT2D eigenvalue weighted by Crippen LogP contribution is 2.19. The largest absolute Gasteiger partial charge is 0.382 e. The molecule has 0 aliphatic carbocycles. The summed E-state index contributed by atoms with van der Waals surface area (Å²) in [7, 11) is 0. The molecule has 0 aliphatic heterocycles. The van der Waals surface area contributed by atoms with Gasteiger partial charge in [-0.2, -0.15) is 0 Å². The average molecular weight is 423 g/mol. The minimum absolute atomic E-state index is 0.0335. The Hall–Kier alpha value is -3.59. The molecule has 0 atom stereocenters. The summed E-state index contributed by atoms with van der Waals surface area (Å²) in [5, 5.41) is 5.47. The number of nitrogens with two attached hydrogens (primary N) is 1. The molecule has 0 bridgehead atoms. The molecule has 0 aliphatic rings. The second-order valence-corrected chi connectivity index (χ2v) is 7.57. The van der Waals surface area contributed by atoms with E-state index in [0.717, 1.165) is 28.6 Å². The molecule has 3 aromatic rings. The molecule has 1 heterocycles. The minimum Gasteiger partial charge on any atom is -0.382 e. The topological polar surface area (TPSA) is 130 Å². The van der Waals surface area contributed by atoms with Crippen LogP contribution in [0.2, 0.25) is 0 Å². The van der Waals surface area contributed by atoms with Gasteiger partial charge in [-0.25, -0.2) is 4.98 Å². The summed E-state index contributed by atoms with van der Waals surface area (Å²) in [6.07, 6.45) is 0. The molecule has 1 aromatic heterocycles. The van der Waals surface area contributed by atoms with Gasteiger partial charge < -0.3 is 16.4 Å². The number of para-hydroxylation sites is 1. The van der Waals surface area contributed by atoms with Crippen molar-refractivity contribution >= 4 is 40.8 Å². The highest BCUT2D eigenvalue weighted by Gasteiger charge is 2.15. The van der Waals surface area contributed by atoms with Crippen molar-refractivity contribution < 1.29 is 9.59 Å². The number of carbonyl (C=O) groups excluding carboxylic acids is 2. The van der Waals surface area contributed by atoms with E-state index in [0.29, 0.717) is 5.56 Å². The van der Waals surface area contributed by atoms with Crippen molar-refractivity contribution in [2.75, 3.05) is 22.1 Å². The van der Waals surface area contributed by atoms with E-state index in [4.69, 9.17) is 5.73 Å². The first kappa shape index (κ1) is 21.1. The van der Waals surface area contributed by atoms with E-state index in [2.05, 4.69) is 20.6 Å². The fourth-order valence-corrected chi connectivity index (χ4v) is 3.25. The van der Waals surface area contributed by atoms with Crippen LogP contribution >= 0.6 is 11.8 Å². The predicted molar refractivity (Wildman–Crippen MR) is 119 cm³/mol. The Balaban J connectivity index is 1.65. The summed E-state index contributed by atoms with van der Waals surface area (Å²) < 4.78 is 0. The number of hydrogen-bond acceptors (Lipinski definition) is 6. The Morgan fingerprint density at radius 2 is 1.77 bits per heavy atom. The van der Waals surface area contributed by atoms with Crippen LogP contribution in [0.4, 0.5) is 17.2 Å². The summed E-state index contributed by atoms with van der Waals surface area (Å²) >= 11 is 1.04. The van der Waals surface area contributed by atoms with Gasteiger partial charge in [-0.15, -0.1) is 0 Å². The Bertz CT molecular complexity index is 1140. The van der Waals surface area contributed by atoms with Gasteiger partial charge in [0.05, 0.1) is 5.75 Å². The molecular formula is C21H21N5O3S. The van der Waals surface area contributed by atoms with E-state index in [9.17, 15) is 14.4 Å². The number of nitrogens with zero attached hydrogens (tertiary/aromatic N) is 1. The van der Waals surface area contributed by atoms with Crippen LogP contribution < -0.4 is 21.9 Å². The first-order valence-electron chi connectivity index (χ1n) is 9.09. The molecule has 30 heavy (non-hydrogen) atoms. The zero-order valence-electron chi connectivity index (χ0n) is 16.5. The summed E-state index contributed by atoms with van der Waals surface area (Å²) in [6.45, 7) is 3.80. The number of rotatable bonds is 6. The molecule has 0 unspecified atom stereocenters. The third-order valence-corrected chi connectivity index (χ3v) is 5.11. The summed E-state index contributed by atoms with van der Waals surface area (Å²) in [5.74, 6) is -0.800. The van der Waals surface area contributed by atoms with Crippen molar-refractivity contribution in [2.45, 2.75) is 19.0 Å². The lowest BCUT2D eigenvalue weighted by atomic mass is 10.1. The maximum atomic E-state index is 12.4. The Labute approximate surface area is 177 Å². The van der Waals surface area contributed by atoms with Crippen LogP contribution in [0.1, 0.15) is 21.5 Å². The van der Waals surface area contributed by atoms with E-state index in [-0.39, 0.29) is 28.3 Å². The first-order chi connectivity index (χ1) is 14.3. The predicted octanol–water partition coefficient (Wildman–Crippen LogP) is 2.95. The number of amides is 2.